The number of carbonyl (C=O) groups excluding carboxylic acids is 4. The van der Waals surface area contributed by atoms with Gasteiger partial charge < -0.3 is 15.5 Å². The van der Waals surface area contributed by atoms with Gasteiger partial charge >= 0.3 is 0 Å². The molecule has 1 atom stereocenters. The quantitative estimate of drug-likeness (QED) is 0.327. The van der Waals surface area contributed by atoms with Gasteiger partial charge in [0, 0.05) is 24.5 Å². The molecule has 0 aliphatic carbocycles. The van der Waals surface area contributed by atoms with Crippen molar-refractivity contribution in [3.63, 3.8) is 0 Å². The van der Waals surface area contributed by atoms with E-state index in [1.165, 1.54) is 29.8 Å². The van der Waals surface area contributed by atoms with Gasteiger partial charge in [0.2, 0.25) is 5.91 Å². The van der Waals surface area contributed by atoms with Crippen LogP contribution in [0, 0.1) is 5.82 Å². The number of benzene rings is 2. The van der Waals surface area contributed by atoms with Crippen LogP contribution in [0.25, 0.3) is 11.3 Å². The summed E-state index contributed by atoms with van der Waals surface area (Å²) in [6.45, 7) is 0.0567. The standard InChI is InChI=1S/C29H23FN6O4S/c1-35-13-23(37)34-26-25(35)24(31-15-32-26)17-11-22(41-14-17)27(38)33-19(10-16-5-4-6-18(30)9-16)12-36-28(39)20-7-2-3-8-21(20)29(36)40/h2-9,11,14-15,19H,10,12-13H2,1H3,(H,33,38)(H,31,32,34,37)/t19-/m0/s1. The third-order valence-electron chi connectivity index (χ3n) is 6.93. The first-order chi connectivity index (χ1) is 19.8. The van der Waals surface area contributed by atoms with Gasteiger partial charge in [-0.1, -0.05) is 24.3 Å². The first-order valence-corrected chi connectivity index (χ1v) is 13.6. The number of halogens is 1. The number of rotatable bonds is 7. The lowest BCUT2D eigenvalue weighted by Gasteiger charge is -2.27. The lowest BCUT2D eigenvalue weighted by atomic mass is 10.0. The van der Waals surface area contributed by atoms with E-state index in [0.717, 1.165) is 4.90 Å². The largest absolute Gasteiger partial charge is 0.361 e. The van der Waals surface area contributed by atoms with E-state index in [1.807, 2.05) is 0 Å². The molecule has 2 aromatic carbocycles. The SMILES string of the molecule is CN1CC(=O)Nc2ncnc(-c3csc(C(=O)N[C@@H](Cc4cccc(F)c4)CN4C(=O)c5ccccc5C4=O)c3)c21. The molecular formula is C29H23FN6O4S. The normalized spacial score (nSPS) is 14.9. The summed E-state index contributed by atoms with van der Waals surface area (Å²) in [5.41, 5.74) is 3.11. The number of likely N-dealkylation sites (N-methyl/N-ethyl adjacent to an activating group) is 1. The van der Waals surface area contributed by atoms with Crippen LogP contribution in [0.15, 0.2) is 66.3 Å². The molecule has 2 aromatic heterocycles. The van der Waals surface area contributed by atoms with E-state index in [4.69, 9.17) is 0 Å². The number of aromatic nitrogens is 2. The van der Waals surface area contributed by atoms with Gasteiger partial charge in [-0.25, -0.2) is 14.4 Å². The molecule has 206 valence electrons. The van der Waals surface area contributed by atoms with Gasteiger partial charge in [-0.2, -0.15) is 0 Å². The Bertz CT molecular complexity index is 1690. The zero-order chi connectivity index (χ0) is 28.7. The van der Waals surface area contributed by atoms with Gasteiger partial charge in [0.1, 0.15) is 23.5 Å². The number of nitrogens with one attached hydrogen (secondary N) is 2. The molecule has 41 heavy (non-hydrogen) atoms. The number of nitrogens with zero attached hydrogens (tertiary/aromatic N) is 4. The van der Waals surface area contributed by atoms with Crippen LogP contribution in [0.5, 0.6) is 0 Å². The minimum absolute atomic E-state index is 0.0866. The molecule has 2 aliphatic heterocycles. The monoisotopic (exact) mass is 570 g/mol. The molecule has 4 amide bonds. The number of anilines is 2. The molecule has 4 aromatic rings. The van der Waals surface area contributed by atoms with E-state index in [-0.39, 0.29) is 25.4 Å². The van der Waals surface area contributed by atoms with Gasteiger partial charge in [0.25, 0.3) is 17.7 Å². The highest BCUT2D eigenvalue weighted by Crippen LogP contribution is 2.37. The van der Waals surface area contributed by atoms with Crippen LogP contribution in [-0.2, 0) is 11.2 Å². The highest BCUT2D eigenvalue weighted by atomic mass is 32.1. The smallest absolute Gasteiger partial charge is 0.261 e. The second-order valence-corrected chi connectivity index (χ2v) is 10.7. The van der Waals surface area contributed by atoms with E-state index in [9.17, 15) is 23.6 Å². The second-order valence-electron chi connectivity index (χ2n) is 9.79. The van der Waals surface area contributed by atoms with Crippen molar-refractivity contribution in [3.05, 3.63) is 93.7 Å². The Balaban J connectivity index is 1.25. The van der Waals surface area contributed by atoms with Crippen molar-refractivity contribution < 1.29 is 23.6 Å². The maximum absolute atomic E-state index is 13.9. The molecule has 0 fully saturated rings. The average molecular weight is 571 g/mol. The molecular weight excluding hydrogens is 547 g/mol. The molecule has 2 aliphatic rings. The molecule has 0 saturated carbocycles. The van der Waals surface area contributed by atoms with Gasteiger partial charge in [0.05, 0.1) is 28.6 Å². The number of hydrogen-bond acceptors (Lipinski definition) is 8. The average Bonchev–Trinajstić information content (AvgIpc) is 3.53. The van der Waals surface area contributed by atoms with Crippen LogP contribution in [0.3, 0.4) is 0 Å². The van der Waals surface area contributed by atoms with Crippen LogP contribution < -0.4 is 15.5 Å². The summed E-state index contributed by atoms with van der Waals surface area (Å²) in [7, 11) is 1.76. The van der Waals surface area contributed by atoms with Crippen molar-refractivity contribution in [1.82, 2.24) is 20.2 Å². The summed E-state index contributed by atoms with van der Waals surface area (Å²) >= 11 is 1.20. The summed E-state index contributed by atoms with van der Waals surface area (Å²) in [5, 5.41) is 7.46. The Kier molecular flexibility index (Phi) is 6.75. The molecule has 0 unspecified atom stereocenters. The summed E-state index contributed by atoms with van der Waals surface area (Å²) in [4.78, 5) is 63.2. The molecule has 0 radical (unpaired) electrons. The van der Waals surface area contributed by atoms with Crippen molar-refractivity contribution >= 4 is 46.5 Å². The third kappa shape index (κ3) is 5.05. The van der Waals surface area contributed by atoms with Crippen molar-refractivity contribution in [1.29, 1.82) is 0 Å². The molecule has 4 heterocycles. The first kappa shape index (κ1) is 26.3. The molecule has 0 saturated heterocycles. The number of amides is 4. The van der Waals surface area contributed by atoms with Crippen molar-refractivity contribution in [2.45, 2.75) is 12.5 Å². The van der Waals surface area contributed by atoms with Crippen LogP contribution in [0.4, 0.5) is 15.9 Å². The predicted molar refractivity (Wildman–Crippen MR) is 150 cm³/mol. The Labute approximate surface area is 237 Å². The van der Waals surface area contributed by atoms with E-state index >= 15 is 0 Å². The van der Waals surface area contributed by atoms with Crippen LogP contribution in [0.2, 0.25) is 0 Å². The summed E-state index contributed by atoms with van der Waals surface area (Å²) in [6.07, 6.45) is 1.54. The Hall–Kier alpha value is -4.97. The zero-order valence-electron chi connectivity index (χ0n) is 21.8. The molecule has 12 heteroatoms. The van der Waals surface area contributed by atoms with Crippen LogP contribution in [-0.4, -0.2) is 64.7 Å². The Morgan fingerprint density at radius 3 is 2.56 bits per heavy atom. The van der Waals surface area contributed by atoms with Gasteiger partial charge in [-0.3, -0.25) is 24.1 Å². The first-order valence-electron chi connectivity index (χ1n) is 12.7. The van der Waals surface area contributed by atoms with E-state index < -0.39 is 29.6 Å². The fourth-order valence-corrected chi connectivity index (χ4v) is 5.87. The van der Waals surface area contributed by atoms with Crippen molar-refractivity contribution in [3.8, 4) is 11.3 Å². The Morgan fingerprint density at radius 2 is 1.83 bits per heavy atom. The maximum atomic E-state index is 13.9. The highest BCUT2D eigenvalue weighted by Gasteiger charge is 2.37. The lowest BCUT2D eigenvalue weighted by molar-refractivity contribution is -0.115. The van der Waals surface area contributed by atoms with Crippen molar-refractivity contribution in [2.75, 3.05) is 30.4 Å². The highest BCUT2D eigenvalue weighted by molar-refractivity contribution is 7.12. The molecule has 2 N–H and O–H groups in total. The predicted octanol–water partition coefficient (Wildman–Crippen LogP) is 3.37. The topological polar surface area (TPSA) is 125 Å². The van der Waals surface area contributed by atoms with Crippen LogP contribution in [0.1, 0.15) is 36.0 Å². The minimum Gasteiger partial charge on any atom is -0.361 e. The number of carbonyl (C=O) groups is 4. The molecule has 0 bridgehead atoms. The van der Waals surface area contributed by atoms with E-state index in [2.05, 4.69) is 20.6 Å². The maximum Gasteiger partial charge on any atom is 0.261 e. The van der Waals surface area contributed by atoms with Gasteiger partial charge in [-0.15, -0.1) is 11.3 Å². The van der Waals surface area contributed by atoms with Crippen LogP contribution >= 0.6 is 11.3 Å². The van der Waals surface area contributed by atoms with Crippen molar-refractivity contribution in [2.24, 2.45) is 0 Å². The number of thiophene rings is 1. The minimum atomic E-state index is -0.690. The Morgan fingerprint density at radius 1 is 1.07 bits per heavy atom. The molecule has 6 rings (SSSR count). The molecule has 10 nitrogen and oxygen atoms in total. The lowest BCUT2D eigenvalue weighted by Crippen LogP contribution is -2.46. The number of hydrogen-bond donors (Lipinski definition) is 2. The summed E-state index contributed by atoms with van der Waals surface area (Å²) < 4.78 is 13.9. The van der Waals surface area contributed by atoms with E-state index in [1.54, 1.807) is 59.8 Å². The van der Waals surface area contributed by atoms with Gasteiger partial charge in [-0.05, 0) is 42.3 Å². The third-order valence-corrected chi connectivity index (χ3v) is 7.86. The zero-order valence-corrected chi connectivity index (χ0v) is 22.6. The number of imide groups is 1. The summed E-state index contributed by atoms with van der Waals surface area (Å²) in [5.74, 6) is -1.51. The second kappa shape index (κ2) is 10.5. The molecule has 0 spiro atoms. The fraction of sp³-hybridized carbons (Fsp3) is 0.172. The van der Waals surface area contributed by atoms with Gasteiger partial charge in [0.15, 0.2) is 5.82 Å². The van der Waals surface area contributed by atoms with E-state index in [0.29, 0.717) is 44.3 Å². The fourth-order valence-electron chi connectivity index (χ4n) is 5.08. The summed E-state index contributed by atoms with van der Waals surface area (Å²) in [6, 6.07) is 13.5. The number of fused-ring (bicyclic) bond motifs is 2.